The number of benzene rings is 1. The van der Waals surface area contributed by atoms with Gasteiger partial charge in [0.1, 0.15) is 6.04 Å². The van der Waals surface area contributed by atoms with Crippen LogP contribution in [-0.4, -0.2) is 6.04 Å². The highest BCUT2D eigenvalue weighted by Crippen LogP contribution is 2.28. The third-order valence-electron chi connectivity index (χ3n) is 2.96. The highest BCUT2D eigenvalue weighted by atomic mass is 14.9. The average molecular weight is 200 g/mol. The third-order valence-corrected chi connectivity index (χ3v) is 2.96. The van der Waals surface area contributed by atoms with Gasteiger partial charge in [-0.1, -0.05) is 12.1 Å². The van der Waals surface area contributed by atoms with E-state index in [1.54, 1.807) is 0 Å². The molecule has 0 heterocycles. The van der Waals surface area contributed by atoms with Crippen LogP contribution >= 0.6 is 0 Å². The van der Waals surface area contributed by atoms with Gasteiger partial charge in [0, 0.05) is 5.69 Å². The summed E-state index contributed by atoms with van der Waals surface area (Å²) < 4.78 is 0. The Morgan fingerprint density at radius 2 is 2.13 bits per heavy atom. The van der Waals surface area contributed by atoms with E-state index in [9.17, 15) is 0 Å². The van der Waals surface area contributed by atoms with E-state index >= 15 is 0 Å². The van der Waals surface area contributed by atoms with Gasteiger partial charge < -0.3 is 5.32 Å². The van der Waals surface area contributed by atoms with E-state index < -0.39 is 0 Å². The van der Waals surface area contributed by atoms with Gasteiger partial charge in [0.05, 0.1) is 6.07 Å². The summed E-state index contributed by atoms with van der Waals surface area (Å²) in [7, 11) is 0. The van der Waals surface area contributed by atoms with Crippen molar-refractivity contribution in [1.82, 2.24) is 0 Å². The molecule has 2 nitrogen and oxygen atoms in total. The van der Waals surface area contributed by atoms with E-state index in [2.05, 4.69) is 29.6 Å². The standard InChI is InChI=1S/C13H16N2/c1-10(9-14)15-13-8-4-6-11-5-2-3-7-12(11)13/h4,6,8,10,15H,2-3,5,7H2,1H3. The number of aryl methyl sites for hydroxylation is 1. The molecule has 1 N–H and O–H groups in total. The van der Waals surface area contributed by atoms with Gasteiger partial charge >= 0.3 is 0 Å². The fraction of sp³-hybridized carbons (Fsp3) is 0.462. The smallest absolute Gasteiger partial charge is 0.111 e. The van der Waals surface area contributed by atoms with Crippen molar-refractivity contribution in [2.75, 3.05) is 5.32 Å². The minimum absolute atomic E-state index is 0.113. The van der Waals surface area contributed by atoms with Crippen LogP contribution < -0.4 is 5.32 Å². The number of fused-ring (bicyclic) bond motifs is 1. The van der Waals surface area contributed by atoms with E-state index in [1.165, 1.54) is 30.4 Å². The fourth-order valence-corrected chi connectivity index (χ4v) is 2.18. The predicted octanol–water partition coefficient (Wildman–Crippen LogP) is 2.89. The van der Waals surface area contributed by atoms with Crippen molar-refractivity contribution in [2.45, 2.75) is 38.6 Å². The van der Waals surface area contributed by atoms with Gasteiger partial charge in [-0.2, -0.15) is 5.26 Å². The maximum Gasteiger partial charge on any atom is 0.111 e. The van der Waals surface area contributed by atoms with E-state index in [1.807, 2.05) is 6.92 Å². The Labute approximate surface area is 90.9 Å². The molecule has 2 rings (SSSR count). The molecule has 0 bridgehead atoms. The molecule has 1 atom stereocenters. The zero-order valence-electron chi connectivity index (χ0n) is 9.09. The van der Waals surface area contributed by atoms with Crippen LogP contribution in [0.1, 0.15) is 30.9 Å². The molecule has 0 aliphatic heterocycles. The predicted molar refractivity (Wildman–Crippen MR) is 61.8 cm³/mol. The van der Waals surface area contributed by atoms with Crippen LogP contribution in [0, 0.1) is 11.3 Å². The number of hydrogen-bond acceptors (Lipinski definition) is 2. The van der Waals surface area contributed by atoms with Crippen LogP contribution in [-0.2, 0) is 12.8 Å². The SMILES string of the molecule is CC(C#N)Nc1cccc2c1CCCC2. The molecular weight excluding hydrogens is 184 g/mol. The lowest BCUT2D eigenvalue weighted by Crippen LogP contribution is -2.15. The van der Waals surface area contributed by atoms with Crippen molar-refractivity contribution >= 4 is 5.69 Å². The molecule has 1 aliphatic carbocycles. The van der Waals surface area contributed by atoms with Gasteiger partial charge in [0.25, 0.3) is 0 Å². The van der Waals surface area contributed by atoms with Crippen LogP contribution in [0.25, 0.3) is 0 Å². The number of anilines is 1. The Kier molecular flexibility index (Phi) is 2.91. The first-order valence-corrected chi connectivity index (χ1v) is 5.58. The normalized spacial score (nSPS) is 16.3. The van der Waals surface area contributed by atoms with Crippen molar-refractivity contribution in [3.63, 3.8) is 0 Å². The van der Waals surface area contributed by atoms with E-state index in [-0.39, 0.29) is 6.04 Å². The van der Waals surface area contributed by atoms with Gasteiger partial charge in [0.15, 0.2) is 0 Å². The van der Waals surface area contributed by atoms with Gasteiger partial charge in [-0.05, 0) is 49.8 Å². The highest BCUT2D eigenvalue weighted by molar-refractivity contribution is 5.56. The molecule has 0 fully saturated rings. The maximum atomic E-state index is 8.79. The van der Waals surface area contributed by atoms with Gasteiger partial charge in [-0.3, -0.25) is 0 Å². The van der Waals surface area contributed by atoms with Crippen LogP contribution in [0.5, 0.6) is 0 Å². The van der Waals surface area contributed by atoms with E-state index in [4.69, 9.17) is 5.26 Å². The lowest BCUT2D eigenvalue weighted by molar-refractivity contribution is 0.686. The summed E-state index contributed by atoms with van der Waals surface area (Å²) in [6.07, 6.45) is 4.90. The molecule has 0 radical (unpaired) electrons. The summed E-state index contributed by atoms with van der Waals surface area (Å²) >= 11 is 0. The van der Waals surface area contributed by atoms with Crippen LogP contribution in [0.3, 0.4) is 0 Å². The second-order valence-corrected chi connectivity index (χ2v) is 4.15. The molecule has 1 aromatic carbocycles. The minimum atomic E-state index is -0.113. The topological polar surface area (TPSA) is 35.8 Å². The Bertz CT molecular complexity index is 390. The van der Waals surface area contributed by atoms with E-state index in [0.29, 0.717) is 0 Å². The monoisotopic (exact) mass is 200 g/mol. The zero-order valence-corrected chi connectivity index (χ0v) is 9.09. The number of nitrogens with one attached hydrogen (secondary N) is 1. The lowest BCUT2D eigenvalue weighted by Gasteiger charge is -2.20. The number of hydrogen-bond donors (Lipinski definition) is 1. The van der Waals surface area contributed by atoms with Gasteiger partial charge in [-0.25, -0.2) is 0 Å². The summed E-state index contributed by atoms with van der Waals surface area (Å²) in [5.74, 6) is 0. The molecule has 0 aromatic heterocycles. The largest absolute Gasteiger partial charge is 0.370 e. The Morgan fingerprint density at radius 3 is 2.93 bits per heavy atom. The van der Waals surface area contributed by atoms with Crippen molar-refractivity contribution < 1.29 is 0 Å². The van der Waals surface area contributed by atoms with Crippen molar-refractivity contribution in [1.29, 1.82) is 5.26 Å². The molecular formula is C13H16N2. The molecule has 15 heavy (non-hydrogen) atoms. The quantitative estimate of drug-likeness (QED) is 0.796. The second kappa shape index (κ2) is 4.35. The summed E-state index contributed by atoms with van der Waals surface area (Å²) in [5.41, 5.74) is 4.03. The Balaban J connectivity index is 2.28. The molecule has 1 unspecified atom stereocenters. The Morgan fingerprint density at radius 1 is 1.33 bits per heavy atom. The molecule has 0 saturated heterocycles. The maximum absolute atomic E-state index is 8.79. The van der Waals surface area contributed by atoms with Gasteiger partial charge in [-0.15, -0.1) is 0 Å². The number of nitrogens with zero attached hydrogens (tertiary/aromatic N) is 1. The minimum Gasteiger partial charge on any atom is -0.370 e. The first-order chi connectivity index (χ1) is 7.31. The second-order valence-electron chi connectivity index (χ2n) is 4.15. The number of rotatable bonds is 2. The summed E-state index contributed by atoms with van der Waals surface area (Å²) in [4.78, 5) is 0. The van der Waals surface area contributed by atoms with Crippen LogP contribution in [0.4, 0.5) is 5.69 Å². The zero-order chi connectivity index (χ0) is 10.7. The first kappa shape index (κ1) is 10.0. The average Bonchev–Trinajstić information content (AvgIpc) is 2.29. The van der Waals surface area contributed by atoms with Crippen molar-refractivity contribution in [2.24, 2.45) is 0 Å². The number of nitriles is 1. The molecule has 1 aliphatic rings. The van der Waals surface area contributed by atoms with Crippen molar-refractivity contribution in [3.05, 3.63) is 29.3 Å². The van der Waals surface area contributed by atoms with E-state index in [0.717, 1.165) is 12.1 Å². The molecule has 0 amide bonds. The Hall–Kier alpha value is -1.49. The third kappa shape index (κ3) is 2.12. The summed E-state index contributed by atoms with van der Waals surface area (Å²) in [6, 6.07) is 8.46. The lowest BCUT2D eigenvalue weighted by atomic mass is 9.90. The molecule has 0 spiro atoms. The summed E-state index contributed by atoms with van der Waals surface area (Å²) in [5, 5.41) is 12.0. The molecule has 2 heteroatoms. The van der Waals surface area contributed by atoms with Gasteiger partial charge in [0.2, 0.25) is 0 Å². The highest BCUT2D eigenvalue weighted by Gasteiger charge is 2.13. The van der Waals surface area contributed by atoms with Crippen LogP contribution in [0.2, 0.25) is 0 Å². The molecule has 0 saturated carbocycles. The molecule has 78 valence electrons. The summed E-state index contributed by atoms with van der Waals surface area (Å²) in [6.45, 7) is 1.89. The fourth-order valence-electron chi connectivity index (χ4n) is 2.18. The van der Waals surface area contributed by atoms with Crippen LogP contribution in [0.15, 0.2) is 18.2 Å². The van der Waals surface area contributed by atoms with Crippen molar-refractivity contribution in [3.8, 4) is 6.07 Å². The first-order valence-electron chi connectivity index (χ1n) is 5.58. The molecule has 1 aromatic rings.